The van der Waals surface area contributed by atoms with Gasteiger partial charge >= 0.3 is 5.97 Å². The molecule has 0 saturated carbocycles. The average molecular weight is 315 g/mol. The fourth-order valence-corrected chi connectivity index (χ4v) is 2.00. The van der Waals surface area contributed by atoms with Crippen LogP contribution in [0.5, 0.6) is 5.75 Å². The number of ketones is 1. The van der Waals surface area contributed by atoms with Crippen LogP contribution >= 0.6 is 0 Å². The fraction of sp³-hybridized carbons (Fsp3) is 0.222. The normalized spacial score (nSPS) is 9.57. The lowest BCUT2D eigenvalue weighted by molar-refractivity contribution is 0.0692. The Hall–Kier alpha value is -2.82. The van der Waals surface area contributed by atoms with E-state index >= 15 is 0 Å². The van der Waals surface area contributed by atoms with Gasteiger partial charge in [-0.15, -0.1) is 0 Å². The van der Waals surface area contributed by atoms with Gasteiger partial charge in [0.15, 0.2) is 5.78 Å². The average Bonchev–Trinajstić information content (AvgIpc) is 2.55. The lowest BCUT2D eigenvalue weighted by Crippen LogP contribution is -2.11. The fourth-order valence-electron chi connectivity index (χ4n) is 2.00. The molecule has 0 unspecified atom stereocenters. The van der Waals surface area contributed by atoms with E-state index in [2.05, 4.69) is 0 Å². The molecule has 2 rings (SSSR count). The summed E-state index contributed by atoms with van der Waals surface area (Å²) < 4.78 is 0. The van der Waals surface area contributed by atoms with Gasteiger partial charge in [0.05, 0.1) is 11.1 Å². The maximum absolute atomic E-state index is 12.4. The Bertz CT molecular complexity index is 708. The van der Waals surface area contributed by atoms with E-state index in [4.69, 9.17) is 5.11 Å². The van der Waals surface area contributed by atoms with Gasteiger partial charge in [0.2, 0.25) is 0 Å². The van der Waals surface area contributed by atoms with Gasteiger partial charge in [0, 0.05) is 31.4 Å². The molecule has 0 saturated heterocycles. The zero-order valence-electron chi connectivity index (χ0n) is 13.7. The van der Waals surface area contributed by atoms with Crippen molar-refractivity contribution < 1.29 is 19.8 Å². The van der Waals surface area contributed by atoms with Crippen molar-refractivity contribution in [3.63, 3.8) is 0 Å². The van der Waals surface area contributed by atoms with Crippen molar-refractivity contribution in [2.24, 2.45) is 0 Å². The maximum atomic E-state index is 12.4. The van der Waals surface area contributed by atoms with Crippen LogP contribution in [-0.4, -0.2) is 36.1 Å². The van der Waals surface area contributed by atoms with E-state index in [1.807, 2.05) is 27.9 Å². The van der Waals surface area contributed by atoms with Crippen LogP contribution in [0.2, 0.25) is 0 Å². The van der Waals surface area contributed by atoms with Crippen LogP contribution in [0.3, 0.4) is 0 Å². The molecule has 2 aromatic rings. The van der Waals surface area contributed by atoms with Gasteiger partial charge in [0.25, 0.3) is 0 Å². The standard InChI is InChI=1S/C16H15NO4.C2H6/c1-17(2)10-7-8-13(14(18)9-10)15(19)11-5-3-4-6-12(11)16(20)21;1-2/h3-9,18H,1-2H3,(H,20,21);1-2H3. The SMILES string of the molecule is CC.CN(C)c1ccc(C(=O)c2ccccc2C(=O)O)c(O)c1. The Labute approximate surface area is 135 Å². The zero-order valence-corrected chi connectivity index (χ0v) is 13.7. The van der Waals surface area contributed by atoms with Gasteiger partial charge in [-0.2, -0.15) is 0 Å². The Morgan fingerprint density at radius 1 is 0.913 bits per heavy atom. The zero-order chi connectivity index (χ0) is 17.6. The number of phenols is 1. The Balaban J connectivity index is 0.00000127. The highest BCUT2D eigenvalue weighted by Crippen LogP contribution is 2.26. The van der Waals surface area contributed by atoms with Gasteiger partial charge in [0.1, 0.15) is 5.75 Å². The highest BCUT2D eigenvalue weighted by molar-refractivity contribution is 6.15. The summed E-state index contributed by atoms with van der Waals surface area (Å²) in [5, 5.41) is 19.1. The first-order valence-electron chi connectivity index (χ1n) is 7.29. The number of benzene rings is 2. The van der Waals surface area contributed by atoms with Crippen LogP contribution in [-0.2, 0) is 0 Å². The molecule has 0 radical (unpaired) electrons. The summed E-state index contributed by atoms with van der Waals surface area (Å²) in [5.41, 5.74) is 0.793. The van der Waals surface area contributed by atoms with Gasteiger partial charge in [-0.05, 0) is 18.2 Å². The third-order valence-corrected chi connectivity index (χ3v) is 3.14. The van der Waals surface area contributed by atoms with E-state index in [9.17, 15) is 14.7 Å². The molecule has 5 heteroatoms. The molecule has 0 fully saturated rings. The first-order valence-corrected chi connectivity index (χ1v) is 7.29. The highest BCUT2D eigenvalue weighted by Gasteiger charge is 2.20. The first kappa shape index (κ1) is 18.2. The number of rotatable bonds is 4. The van der Waals surface area contributed by atoms with E-state index in [0.29, 0.717) is 0 Å². The summed E-state index contributed by atoms with van der Waals surface area (Å²) in [6.07, 6.45) is 0. The van der Waals surface area contributed by atoms with Gasteiger partial charge in [-0.1, -0.05) is 32.0 Å². The summed E-state index contributed by atoms with van der Waals surface area (Å²) >= 11 is 0. The lowest BCUT2D eigenvalue weighted by Gasteiger charge is -2.14. The van der Waals surface area contributed by atoms with Gasteiger partial charge < -0.3 is 15.1 Å². The molecule has 122 valence electrons. The third kappa shape index (κ3) is 4.10. The Kier molecular flexibility index (Phi) is 6.33. The summed E-state index contributed by atoms with van der Waals surface area (Å²) in [4.78, 5) is 25.4. The number of hydrogen-bond donors (Lipinski definition) is 2. The number of aromatic hydroxyl groups is 1. The van der Waals surface area contributed by atoms with Crippen molar-refractivity contribution in [3.8, 4) is 5.75 Å². The Morgan fingerprint density at radius 3 is 1.96 bits per heavy atom. The molecule has 0 aliphatic carbocycles. The van der Waals surface area contributed by atoms with Gasteiger partial charge in [-0.25, -0.2) is 4.79 Å². The minimum Gasteiger partial charge on any atom is -0.507 e. The number of carbonyl (C=O) groups excluding carboxylic acids is 1. The second kappa shape index (κ2) is 7.98. The van der Waals surface area contributed by atoms with Crippen LogP contribution in [0.4, 0.5) is 5.69 Å². The van der Waals surface area contributed by atoms with E-state index in [0.717, 1.165) is 5.69 Å². The van der Waals surface area contributed by atoms with Crippen LogP contribution in [0.1, 0.15) is 40.1 Å². The molecule has 0 bridgehead atoms. The van der Waals surface area contributed by atoms with Crippen molar-refractivity contribution in [1.82, 2.24) is 0 Å². The summed E-state index contributed by atoms with van der Waals surface area (Å²) in [6.45, 7) is 4.00. The van der Waals surface area contributed by atoms with Crippen molar-refractivity contribution in [3.05, 3.63) is 59.2 Å². The molecule has 2 N–H and O–H groups in total. The first-order chi connectivity index (χ1) is 10.9. The smallest absolute Gasteiger partial charge is 0.336 e. The molecule has 0 aliphatic rings. The summed E-state index contributed by atoms with van der Waals surface area (Å²) in [7, 11) is 3.63. The van der Waals surface area contributed by atoms with E-state index in [1.165, 1.54) is 24.3 Å². The molecule has 0 atom stereocenters. The summed E-state index contributed by atoms with van der Waals surface area (Å²) in [6, 6.07) is 10.6. The lowest BCUT2D eigenvalue weighted by atomic mass is 9.97. The van der Waals surface area contributed by atoms with Crippen LogP contribution in [0.15, 0.2) is 42.5 Å². The van der Waals surface area contributed by atoms with Gasteiger partial charge in [-0.3, -0.25) is 4.79 Å². The largest absolute Gasteiger partial charge is 0.507 e. The molecule has 23 heavy (non-hydrogen) atoms. The monoisotopic (exact) mass is 315 g/mol. The highest BCUT2D eigenvalue weighted by atomic mass is 16.4. The number of carboxylic acids is 1. The third-order valence-electron chi connectivity index (χ3n) is 3.14. The predicted molar refractivity (Wildman–Crippen MR) is 90.6 cm³/mol. The molecule has 2 aromatic carbocycles. The topological polar surface area (TPSA) is 77.8 Å². The minimum atomic E-state index is -1.18. The summed E-state index contributed by atoms with van der Waals surface area (Å²) in [5.74, 6) is -1.87. The predicted octanol–water partition coefficient (Wildman–Crippen LogP) is 3.41. The van der Waals surface area contributed by atoms with Crippen LogP contribution in [0, 0.1) is 0 Å². The Morgan fingerprint density at radius 2 is 1.48 bits per heavy atom. The number of carbonyl (C=O) groups is 2. The molecule has 0 aliphatic heterocycles. The van der Waals surface area contributed by atoms with Crippen molar-refractivity contribution in [1.29, 1.82) is 0 Å². The second-order valence-electron chi connectivity index (χ2n) is 4.78. The number of nitrogens with zero attached hydrogens (tertiary/aromatic N) is 1. The van der Waals surface area contributed by atoms with E-state index in [1.54, 1.807) is 23.1 Å². The van der Waals surface area contributed by atoms with Crippen molar-refractivity contribution in [2.75, 3.05) is 19.0 Å². The van der Waals surface area contributed by atoms with E-state index in [-0.39, 0.29) is 22.4 Å². The molecule has 0 heterocycles. The van der Waals surface area contributed by atoms with E-state index < -0.39 is 11.8 Å². The van der Waals surface area contributed by atoms with Crippen molar-refractivity contribution >= 4 is 17.4 Å². The molecular weight excluding hydrogens is 294 g/mol. The minimum absolute atomic E-state index is 0.0536. The molecule has 5 nitrogen and oxygen atoms in total. The van der Waals surface area contributed by atoms with Crippen LogP contribution < -0.4 is 4.90 Å². The van der Waals surface area contributed by atoms with Crippen LogP contribution in [0.25, 0.3) is 0 Å². The number of aromatic carboxylic acids is 1. The number of hydrogen-bond acceptors (Lipinski definition) is 4. The quantitative estimate of drug-likeness (QED) is 0.845. The van der Waals surface area contributed by atoms with Crippen molar-refractivity contribution in [2.45, 2.75) is 13.8 Å². The molecule has 0 spiro atoms. The molecular formula is C18H21NO4. The number of anilines is 1. The number of phenolic OH excluding ortho intramolecular Hbond substituents is 1. The maximum Gasteiger partial charge on any atom is 0.336 e. The molecule has 0 amide bonds. The number of carboxylic acid groups (broad SMARTS) is 1. The second-order valence-corrected chi connectivity index (χ2v) is 4.78. The molecule has 0 aromatic heterocycles.